The minimum absolute atomic E-state index is 0.0330. The van der Waals surface area contributed by atoms with Gasteiger partial charge in [-0.15, -0.1) is 0 Å². The van der Waals surface area contributed by atoms with Crippen LogP contribution in [0.2, 0.25) is 0 Å². The molecule has 0 saturated heterocycles. The number of hydrogen-bond donors (Lipinski definition) is 3. The molecule has 1 saturated carbocycles. The first-order valence-electron chi connectivity index (χ1n) is 6.59. The third kappa shape index (κ3) is 4.28. The van der Waals surface area contributed by atoms with E-state index in [1.54, 1.807) is 6.92 Å². The summed E-state index contributed by atoms with van der Waals surface area (Å²) in [4.78, 5) is 11.9. The summed E-state index contributed by atoms with van der Waals surface area (Å²) < 4.78 is 0. The van der Waals surface area contributed by atoms with Gasteiger partial charge in [0.05, 0.1) is 12.1 Å². The van der Waals surface area contributed by atoms with Gasteiger partial charge in [-0.25, -0.2) is 0 Å². The summed E-state index contributed by atoms with van der Waals surface area (Å²) >= 11 is 0. The van der Waals surface area contributed by atoms with Crippen LogP contribution in [0.25, 0.3) is 0 Å². The Morgan fingerprint density at radius 1 is 1.29 bits per heavy atom. The SMILES string of the molecule is CC(NC(C)(C)C(C)O)C(=O)NC1CCCC1. The van der Waals surface area contributed by atoms with Crippen molar-refractivity contribution in [1.29, 1.82) is 0 Å². The number of amides is 1. The van der Waals surface area contributed by atoms with Crippen molar-refractivity contribution in [2.24, 2.45) is 0 Å². The molecule has 0 aromatic heterocycles. The molecule has 0 heterocycles. The van der Waals surface area contributed by atoms with E-state index in [2.05, 4.69) is 10.6 Å². The summed E-state index contributed by atoms with van der Waals surface area (Å²) in [6, 6.07) is 0.0709. The van der Waals surface area contributed by atoms with Gasteiger partial charge in [-0.3, -0.25) is 10.1 Å². The minimum Gasteiger partial charge on any atom is -0.392 e. The first-order chi connectivity index (χ1) is 7.83. The second-order valence-electron chi connectivity index (χ2n) is 5.75. The second-order valence-corrected chi connectivity index (χ2v) is 5.75. The maximum Gasteiger partial charge on any atom is 0.237 e. The summed E-state index contributed by atoms with van der Waals surface area (Å²) in [7, 11) is 0. The van der Waals surface area contributed by atoms with Crippen LogP contribution in [0.15, 0.2) is 0 Å². The zero-order valence-corrected chi connectivity index (χ0v) is 11.4. The molecule has 0 aromatic rings. The molecule has 1 fully saturated rings. The van der Waals surface area contributed by atoms with Gasteiger partial charge in [0, 0.05) is 11.6 Å². The lowest BCUT2D eigenvalue weighted by Gasteiger charge is -2.32. The Morgan fingerprint density at radius 3 is 2.29 bits per heavy atom. The fraction of sp³-hybridized carbons (Fsp3) is 0.923. The largest absolute Gasteiger partial charge is 0.392 e. The van der Waals surface area contributed by atoms with Gasteiger partial charge in [0.25, 0.3) is 0 Å². The zero-order chi connectivity index (χ0) is 13.1. The van der Waals surface area contributed by atoms with Crippen molar-refractivity contribution in [2.45, 2.75) is 77.1 Å². The lowest BCUT2D eigenvalue weighted by Crippen LogP contribution is -2.57. The van der Waals surface area contributed by atoms with Crippen LogP contribution in [-0.2, 0) is 4.79 Å². The summed E-state index contributed by atoms with van der Waals surface area (Å²) in [6.45, 7) is 7.37. The molecular formula is C13H26N2O2. The van der Waals surface area contributed by atoms with Gasteiger partial charge in [-0.1, -0.05) is 12.8 Å². The molecule has 1 aliphatic rings. The third-order valence-corrected chi connectivity index (χ3v) is 3.73. The van der Waals surface area contributed by atoms with Crippen LogP contribution in [-0.4, -0.2) is 34.7 Å². The fourth-order valence-electron chi connectivity index (χ4n) is 2.14. The van der Waals surface area contributed by atoms with Gasteiger partial charge in [0.2, 0.25) is 5.91 Å². The van der Waals surface area contributed by atoms with Crippen molar-refractivity contribution in [3.8, 4) is 0 Å². The number of aliphatic hydroxyl groups excluding tert-OH is 1. The van der Waals surface area contributed by atoms with E-state index in [0.717, 1.165) is 12.8 Å². The van der Waals surface area contributed by atoms with E-state index in [0.29, 0.717) is 6.04 Å². The number of rotatable bonds is 5. The first-order valence-corrected chi connectivity index (χ1v) is 6.59. The van der Waals surface area contributed by atoms with Gasteiger partial charge in [-0.05, 0) is 40.5 Å². The lowest BCUT2D eigenvalue weighted by molar-refractivity contribution is -0.124. The van der Waals surface area contributed by atoms with Crippen LogP contribution < -0.4 is 10.6 Å². The molecule has 17 heavy (non-hydrogen) atoms. The van der Waals surface area contributed by atoms with Gasteiger partial charge >= 0.3 is 0 Å². The molecule has 0 aromatic carbocycles. The fourth-order valence-corrected chi connectivity index (χ4v) is 2.14. The Balaban J connectivity index is 2.40. The number of nitrogens with one attached hydrogen (secondary N) is 2. The van der Waals surface area contributed by atoms with E-state index in [4.69, 9.17) is 0 Å². The maximum absolute atomic E-state index is 11.9. The Labute approximate surface area is 104 Å². The first kappa shape index (κ1) is 14.5. The highest BCUT2D eigenvalue weighted by molar-refractivity contribution is 5.81. The smallest absolute Gasteiger partial charge is 0.237 e. The van der Waals surface area contributed by atoms with Gasteiger partial charge in [0.1, 0.15) is 0 Å². The second kappa shape index (κ2) is 5.83. The monoisotopic (exact) mass is 242 g/mol. The van der Waals surface area contributed by atoms with E-state index in [-0.39, 0.29) is 11.9 Å². The van der Waals surface area contributed by atoms with Crippen molar-refractivity contribution in [3.05, 3.63) is 0 Å². The van der Waals surface area contributed by atoms with Gasteiger partial charge < -0.3 is 10.4 Å². The summed E-state index contributed by atoms with van der Waals surface area (Å²) in [5, 5.41) is 15.8. The highest BCUT2D eigenvalue weighted by atomic mass is 16.3. The molecule has 3 N–H and O–H groups in total. The summed E-state index contributed by atoms with van der Waals surface area (Å²) in [5.74, 6) is 0.0330. The average molecular weight is 242 g/mol. The minimum atomic E-state index is -0.496. The van der Waals surface area contributed by atoms with Crippen LogP contribution in [0, 0.1) is 0 Å². The van der Waals surface area contributed by atoms with Crippen molar-refractivity contribution in [1.82, 2.24) is 10.6 Å². The Kier molecular flexibility index (Phi) is 4.95. The lowest BCUT2D eigenvalue weighted by atomic mass is 9.97. The van der Waals surface area contributed by atoms with Gasteiger partial charge in [0.15, 0.2) is 0 Å². The van der Waals surface area contributed by atoms with Crippen molar-refractivity contribution < 1.29 is 9.90 Å². The number of aliphatic hydroxyl groups is 1. The Bertz CT molecular complexity index is 258. The highest BCUT2D eigenvalue weighted by Gasteiger charge is 2.29. The number of hydrogen-bond acceptors (Lipinski definition) is 3. The maximum atomic E-state index is 11.9. The Morgan fingerprint density at radius 2 is 1.82 bits per heavy atom. The van der Waals surface area contributed by atoms with Crippen molar-refractivity contribution in [3.63, 3.8) is 0 Å². The quantitative estimate of drug-likeness (QED) is 0.678. The topological polar surface area (TPSA) is 61.4 Å². The molecule has 1 aliphatic carbocycles. The molecular weight excluding hydrogens is 216 g/mol. The number of carbonyl (C=O) groups is 1. The highest BCUT2D eigenvalue weighted by Crippen LogP contribution is 2.18. The summed E-state index contributed by atoms with van der Waals surface area (Å²) in [5.41, 5.74) is -0.452. The van der Waals surface area contributed by atoms with Crippen molar-refractivity contribution in [2.75, 3.05) is 0 Å². The predicted molar refractivity (Wildman–Crippen MR) is 68.8 cm³/mol. The van der Waals surface area contributed by atoms with E-state index < -0.39 is 11.6 Å². The van der Waals surface area contributed by atoms with E-state index >= 15 is 0 Å². The molecule has 2 unspecified atom stereocenters. The molecule has 4 heteroatoms. The summed E-state index contributed by atoms with van der Waals surface area (Å²) in [6.07, 6.45) is 4.12. The molecule has 0 spiro atoms. The van der Waals surface area contributed by atoms with Crippen molar-refractivity contribution >= 4 is 5.91 Å². The zero-order valence-electron chi connectivity index (χ0n) is 11.4. The molecule has 1 amide bonds. The predicted octanol–water partition coefficient (Wildman–Crippen LogP) is 1.18. The van der Waals surface area contributed by atoms with E-state index in [9.17, 15) is 9.90 Å². The van der Waals surface area contributed by atoms with E-state index in [1.165, 1.54) is 12.8 Å². The van der Waals surface area contributed by atoms with E-state index in [1.807, 2.05) is 20.8 Å². The Hall–Kier alpha value is -0.610. The van der Waals surface area contributed by atoms with Crippen LogP contribution in [0.1, 0.15) is 53.4 Å². The third-order valence-electron chi connectivity index (χ3n) is 3.73. The van der Waals surface area contributed by atoms with Crippen LogP contribution in [0.4, 0.5) is 0 Å². The molecule has 1 rings (SSSR count). The molecule has 0 radical (unpaired) electrons. The van der Waals surface area contributed by atoms with Gasteiger partial charge in [-0.2, -0.15) is 0 Å². The number of carbonyl (C=O) groups excluding carboxylic acids is 1. The van der Waals surface area contributed by atoms with Crippen LogP contribution in [0.3, 0.4) is 0 Å². The molecule has 0 bridgehead atoms. The molecule has 4 nitrogen and oxygen atoms in total. The average Bonchev–Trinajstić information content (AvgIpc) is 2.69. The molecule has 0 aliphatic heterocycles. The normalized spacial score (nSPS) is 21.2. The van der Waals surface area contributed by atoms with Crippen LogP contribution >= 0.6 is 0 Å². The molecule has 2 atom stereocenters. The molecule has 100 valence electrons. The van der Waals surface area contributed by atoms with Crippen LogP contribution in [0.5, 0.6) is 0 Å². The standard InChI is InChI=1S/C13H26N2O2/c1-9(15-13(3,4)10(2)16)12(17)14-11-7-5-6-8-11/h9-11,15-16H,5-8H2,1-4H3,(H,14,17).